The maximum atomic E-state index is 10.9. The molecule has 0 aliphatic heterocycles. The van der Waals surface area contributed by atoms with Crippen LogP contribution in [0.25, 0.3) is 0 Å². The fourth-order valence-corrected chi connectivity index (χ4v) is 1.60. The first-order chi connectivity index (χ1) is 8.65. The van der Waals surface area contributed by atoms with Crippen LogP contribution in [0.2, 0.25) is 0 Å². The molecule has 0 fully saturated rings. The van der Waals surface area contributed by atoms with Gasteiger partial charge in [-0.15, -0.1) is 0 Å². The summed E-state index contributed by atoms with van der Waals surface area (Å²) in [5.41, 5.74) is 7.52. The molecule has 0 aliphatic rings. The normalized spacial score (nSPS) is 10.3. The van der Waals surface area contributed by atoms with E-state index in [1.807, 2.05) is 29.7 Å². The van der Waals surface area contributed by atoms with Crippen LogP contribution in [0.4, 0.5) is 5.69 Å². The van der Waals surface area contributed by atoms with Crippen LogP contribution in [0, 0.1) is 6.92 Å². The first-order valence-corrected chi connectivity index (χ1v) is 5.80. The van der Waals surface area contributed by atoms with Crippen molar-refractivity contribution in [3.8, 4) is 5.75 Å². The molecule has 2 aromatic rings. The van der Waals surface area contributed by atoms with Gasteiger partial charge in [-0.05, 0) is 30.7 Å². The number of nitrogen functional groups attached to an aromatic ring is 1. The van der Waals surface area contributed by atoms with Gasteiger partial charge in [-0.25, -0.2) is 0 Å². The van der Waals surface area contributed by atoms with Gasteiger partial charge in [-0.2, -0.15) is 0 Å². The van der Waals surface area contributed by atoms with Crippen LogP contribution in [-0.4, -0.2) is 11.2 Å². The van der Waals surface area contributed by atoms with Crippen LogP contribution in [0.15, 0.2) is 47.5 Å². The molecule has 2 N–H and O–H groups in total. The van der Waals surface area contributed by atoms with E-state index in [2.05, 4.69) is 0 Å². The van der Waals surface area contributed by atoms with E-state index in [-0.39, 0.29) is 5.43 Å². The molecule has 4 heteroatoms. The fraction of sp³-hybridized carbons (Fsp3) is 0.214. The van der Waals surface area contributed by atoms with Crippen molar-refractivity contribution in [3.05, 3.63) is 58.5 Å². The lowest BCUT2D eigenvalue weighted by molar-refractivity contribution is 0.298. The molecular formula is C14H16N2O2. The van der Waals surface area contributed by atoms with Crippen LogP contribution in [0.3, 0.4) is 0 Å². The monoisotopic (exact) mass is 244 g/mol. The molecule has 0 bridgehead atoms. The SMILES string of the molecule is Cc1cc(OCCn2ccc(=O)cc2)ccc1N. The number of anilines is 1. The highest BCUT2D eigenvalue weighted by atomic mass is 16.5. The maximum Gasteiger partial charge on any atom is 0.181 e. The summed E-state index contributed by atoms with van der Waals surface area (Å²) in [5, 5.41) is 0. The van der Waals surface area contributed by atoms with E-state index in [4.69, 9.17) is 10.5 Å². The Morgan fingerprint density at radius 2 is 1.94 bits per heavy atom. The summed E-state index contributed by atoms with van der Waals surface area (Å²) in [6.45, 7) is 3.19. The molecule has 94 valence electrons. The zero-order valence-corrected chi connectivity index (χ0v) is 10.3. The summed E-state index contributed by atoms with van der Waals surface area (Å²) in [5.74, 6) is 0.808. The van der Waals surface area contributed by atoms with E-state index >= 15 is 0 Å². The summed E-state index contributed by atoms with van der Waals surface area (Å²) in [7, 11) is 0. The van der Waals surface area contributed by atoms with Crippen molar-refractivity contribution in [3.63, 3.8) is 0 Å². The van der Waals surface area contributed by atoms with E-state index in [9.17, 15) is 4.79 Å². The third-order valence-electron chi connectivity index (χ3n) is 2.72. The predicted octanol–water partition coefficient (Wildman–Crippen LogP) is 1.82. The van der Waals surface area contributed by atoms with Crippen LogP contribution < -0.4 is 15.9 Å². The number of nitrogens with two attached hydrogens (primary N) is 1. The second-order valence-corrected chi connectivity index (χ2v) is 4.14. The Kier molecular flexibility index (Phi) is 3.67. The molecule has 0 saturated carbocycles. The summed E-state index contributed by atoms with van der Waals surface area (Å²) in [6, 6.07) is 8.68. The highest BCUT2D eigenvalue weighted by Crippen LogP contribution is 2.18. The molecule has 1 heterocycles. The molecule has 2 rings (SSSR count). The number of ether oxygens (including phenoxy) is 1. The van der Waals surface area contributed by atoms with Gasteiger partial charge in [-0.3, -0.25) is 4.79 Å². The summed E-state index contributed by atoms with van der Waals surface area (Å²) in [4.78, 5) is 10.9. The van der Waals surface area contributed by atoms with Crippen molar-refractivity contribution in [1.29, 1.82) is 0 Å². The lowest BCUT2D eigenvalue weighted by Gasteiger charge is -2.09. The molecular weight excluding hydrogens is 228 g/mol. The zero-order chi connectivity index (χ0) is 13.0. The molecule has 0 unspecified atom stereocenters. The molecule has 0 spiro atoms. The minimum absolute atomic E-state index is 0.0151. The van der Waals surface area contributed by atoms with E-state index < -0.39 is 0 Å². The van der Waals surface area contributed by atoms with Crippen LogP contribution in [0.5, 0.6) is 5.75 Å². The first-order valence-electron chi connectivity index (χ1n) is 5.80. The number of aryl methyl sites for hydroxylation is 1. The molecule has 1 aromatic heterocycles. The maximum absolute atomic E-state index is 10.9. The highest BCUT2D eigenvalue weighted by Gasteiger charge is 1.97. The zero-order valence-electron chi connectivity index (χ0n) is 10.3. The predicted molar refractivity (Wildman–Crippen MR) is 71.8 cm³/mol. The minimum atomic E-state index is 0.0151. The van der Waals surface area contributed by atoms with Gasteiger partial charge in [0.25, 0.3) is 0 Å². The van der Waals surface area contributed by atoms with Gasteiger partial charge in [0.2, 0.25) is 0 Å². The van der Waals surface area contributed by atoms with Gasteiger partial charge in [0.05, 0.1) is 6.54 Å². The lowest BCUT2D eigenvalue weighted by Crippen LogP contribution is -2.10. The Morgan fingerprint density at radius 1 is 1.22 bits per heavy atom. The first kappa shape index (κ1) is 12.2. The van der Waals surface area contributed by atoms with Gasteiger partial charge in [0.1, 0.15) is 12.4 Å². The summed E-state index contributed by atoms with van der Waals surface area (Å²) in [6.07, 6.45) is 3.50. The van der Waals surface area contributed by atoms with Crippen molar-refractivity contribution >= 4 is 5.69 Å². The summed E-state index contributed by atoms with van der Waals surface area (Å²) >= 11 is 0. The Labute approximate surface area is 106 Å². The molecule has 1 aromatic carbocycles. The van der Waals surface area contributed by atoms with E-state index in [1.54, 1.807) is 12.4 Å². The molecule has 0 saturated heterocycles. The average molecular weight is 244 g/mol. The number of rotatable bonds is 4. The molecule has 0 amide bonds. The number of nitrogens with zero attached hydrogens (tertiary/aromatic N) is 1. The Hall–Kier alpha value is -2.23. The number of aromatic nitrogens is 1. The van der Waals surface area contributed by atoms with Crippen molar-refractivity contribution in [2.24, 2.45) is 0 Å². The Balaban J connectivity index is 1.90. The van der Waals surface area contributed by atoms with Gasteiger partial charge in [-0.1, -0.05) is 0 Å². The third kappa shape index (κ3) is 3.13. The lowest BCUT2D eigenvalue weighted by atomic mass is 10.2. The Bertz CT molecular complexity index is 570. The second-order valence-electron chi connectivity index (χ2n) is 4.14. The summed E-state index contributed by atoms with van der Waals surface area (Å²) < 4.78 is 7.53. The number of hydrogen-bond acceptors (Lipinski definition) is 3. The Morgan fingerprint density at radius 3 is 2.61 bits per heavy atom. The quantitative estimate of drug-likeness (QED) is 0.835. The highest BCUT2D eigenvalue weighted by molar-refractivity contribution is 5.49. The van der Waals surface area contributed by atoms with Gasteiger partial charge < -0.3 is 15.0 Å². The van der Waals surface area contributed by atoms with E-state index in [0.717, 1.165) is 17.0 Å². The molecule has 0 aliphatic carbocycles. The third-order valence-corrected chi connectivity index (χ3v) is 2.72. The number of pyridine rings is 1. The minimum Gasteiger partial charge on any atom is -0.492 e. The number of hydrogen-bond donors (Lipinski definition) is 1. The van der Waals surface area contributed by atoms with Crippen LogP contribution in [-0.2, 0) is 6.54 Å². The van der Waals surface area contributed by atoms with Crippen LogP contribution in [0.1, 0.15) is 5.56 Å². The fourth-order valence-electron chi connectivity index (χ4n) is 1.60. The van der Waals surface area contributed by atoms with Gasteiger partial charge in [0.15, 0.2) is 5.43 Å². The average Bonchev–Trinajstić information content (AvgIpc) is 2.36. The van der Waals surface area contributed by atoms with Gasteiger partial charge >= 0.3 is 0 Å². The van der Waals surface area contributed by atoms with Crippen molar-refractivity contribution < 1.29 is 4.74 Å². The molecule has 18 heavy (non-hydrogen) atoms. The van der Waals surface area contributed by atoms with Crippen molar-refractivity contribution in [1.82, 2.24) is 4.57 Å². The molecule has 4 nitrogen and oxygen atoms in total. The standard InChI is InChI=1S/C14H16N2O2/c1-11-10-13(2-3-14(11)15)18-9-8-16-6-4-12(17)5-7-16/h2-7,10H,8-9,15H2,1H3. The topological polar surface area (TPSA) is 57.2 Å². The smallest absolute Gasteiger partial charge is 0.181 e. The van der Waals surface area contributed by atoms with E-state index in [0.29, 0.717) is 13.2 Å². The number of benzene rings is 1. The second kappa shape index (κ2) is 5.40. The van der Waals surface area contributed by atoms with Crippen molar-refractivity contribution in [2.75, 3.05) is 12.3 Å². The molecule has 0 atom stereocenters. The largest absolute Gasteiger partial charge is 0.492 e. The van der Waals surface area contributed by atoms with E-state index in [1.165, 1.54) is 12.1 Å². The molecule has 0 radical (unpaired) electrons. The van der Waals surface area contributed by atoms with Crippen molar-refractivity contribution in [2.45, 2.75) is 13.5 Å². The van der Waals surface area contributed by atoms with Gasteiger partial charge in [0, 0.05) is 30.2 Å². The van der Waals surface area contributed by atoms with Crippen LogP contribution >= 0.6 is 0 Å².